The Bertz CT molecular complexity index is 674. The van der Waals surface area contributed by atoms with Gasteiger partial charge in [-0.15, -0.1) is 0 Å². The lowest BCUT2D eigenvalue weighted by atomic mass is 10.1. The summed E-state index contributed by atoms with van der Waals surface area (Å²) >= 11 is 7.75. The van der Waals surface area contributed by atoms with Gasteiger partial charge in [0.2, 0.25) is 0 Å². The monoisotopic (exact) mass is 369 g/mol. The second-order valence-electron chi connectivity index (χ2n) is 4.75. The number of nitrogens with zero attached hydrogens (tertiary/aromatic N) is 1. The normalized spacial score (nSPS) is 17.8. The summed E-state index contributed by atoms with van der Waals surface area (Å²) in [5, 5.41) is 19.2. The maximum absolute atomic E-state index is 12.5. The molecule has 5 nitrogen and oxygen atoms in total. The minimum atomic E-state index is -1.07. The number of hydrogen-bond donors (Lipinski definition) is 2. The van der Waals surface area contributed by atoms with Crippen LogP contribution >= 0.6 is 35.7 Å². The van der Waals surface area contributed by atoms with Crippen molar-refractivity contribution in [2.24, 2.45) is 0 Å². The minimum Gasteiger partial charge on any atom is -0.507 e. The highest BCUT2D eigenvalue weighted by Crippen LogP contribution is 2.35. The third-order valence-corrected chi connectivity index (χ3v) is 5.21. The lowest BCUT2D eigenvalue weighted by Gasteiger charge is -2.22. The number of carbonyl (C=O) groups excluding carboxylic acids is 1. The zero-order chi connectivity index (χ0) is 17.0. The van der Waals surface area contributed by atoms with Crippen LogP contribution in [-0.4, -0.2) is 49.4 Å². The maximum Gasteiger partial charge on any atom is 0.326 e. The summed E-state index contributed by atoms with van der Waals surface area (Å²) in [6.45, 7) is 0. The van der Waals surface area contributed by atoms with Crippen LogP contribution in [0.25, 0.3) is 6.08 Å². The number of aromatic hydroxyl groups is 1. The lowest BCUT2D eigenvalue weighted by molar-refractivity contribution is -0.145. The molecule has 8 heteroatoms. The van der Waals surface area contributed by atoms with Crippen LogP contribution in [0.3, 0.4) is 0 Å². The second kappa shape index (κ2) is 7.85. The van der Waals surface area contributed by atoms with Gasteiger partial charge in [-0.25, -0.2) is 4.79 Å². The van der Waals surface area contributed by atoms with Crippen LogP contribution in [0, 0.1) is 0 Å². The molecule has 1 aromatic rings. The van der Waals surface area contributed by atoms with E-state index in [1.165, 1.54) is 23.9 Å². The molecule has 0 radical (unpaired) electrons. The van der Waals surface area contributed by atoms with Crippen LogP contribution in [0.15, 0.2) is 29.2 Å². The molecule has 23 heavy (non-hydrogen) atoms. The standard InChI is InChI=1S/C15H15NO4S3/c1-22-7-6-10(14(19)20)16-13(18)12(23-15(16)21)8-9-4-2-3-5-11(9)17/h2-5,8,10,17H,6-7H2,1H3,(H,19,20)/b12-8+/t10-/m0/s1. The number of aliphatic carboxylic acids is 1. The van der Waals surface area contributed by atoms with Crippen molar-refractivity contribution >= 4 is 58.0 Å². The number of rotatable bonds is 6. The van der Waals surface area contributed by atoms with Gasteiger partial charge in [0.15, 0.2) is 0 Å². The van der Waals surface area contributed by atoms with E-state index >= 15 is 0 Å². The molecule has 0 spiro atoms. The van der Waals surface area contributed by atoms with E-state index in [1.807, 2.05) is 6.26 Å². The molecule has 0 aromatic heterocycles. The highest BCUT2D eigenvalue weighted by Gasteiger charge is 2.40. The van der Waals surface area contributed by atoms with Crippen molar-refractivity contribution in [3.05, 3.63) is 34.7 Å². The van der Waals surface area contributed by atoms with E-state index in [4.69, 9.17) is 12.2 Å². The van der Waals surface area contributed by atoms with Gasteiger partial charge >= 0.3 is 5.97 Å². The molecular formula is C15H15NO4S3. The Labute approximate surface area is 147 Å². The molecule has 1 amide bonds. The van der Waals surface area contributed by atoms with Crippen molar-refractivity contribution in [1.29, 1.82) is 0 Å². The van der Waals surface area contributed by atoms with Crippen LogP contribution in [0.4, 0.5) is 0 Å². The average Bonchev–Trinajstić information content (AvgIpc) is 2.77. The summed E-state index contributed by atoms with van der Waals surface area (Å²) in [6, 6.07) is 5.64. The van der Waals surface area contributed by atoms with E-state index in [2.05, 4.69) is 0 Å². The summed E-state index contributed by atoms with van der Waals surface area (Å²) < 4.78 is 0.227. The SMILES string of the molecule is CSCC[C@@H](C(=O)O)N1C(=O)/C(=C\c2ccccc2O)SC1=S. The van der Waals surface area contributed by atoms with Gasteiger partial charge in [-0.2, -0.15) is 11.8 Å². The topological polar surface area (TPSA) is 77.8 Å². The van der Waals surface area contributed by atoms with Gasteiger partial charge < -0.3 is 10.2 Å². The predicted octanol–water partition coefficient (Wildman–Crippen LogP) is 2.80. The van der Waals surface area contributed by atoms with Crippen LogP contribution < -0.4 is 0 Å². The van der Waals surface area contributed by atoms with Crippen molar-refractivity contribution in [2.45, 2.75) is 12.5 Å². The molecule has 1 aromatic carbocycles. The van der Waals surface area contributed by atoms with Gasteiger partial charge in [0.05, 0.1) is 4.91 Å². The Morgan fingerprint density at radius 1 is 1.48 bits per heavy atom. The zero-order valence-electron chi connectivity index (χ0n) is 12.3. The van der Waals surface area contributed by atoms with Crippen LogP contribution in [0.1, 0.15) is 12.0 Å². The van der Waals surface area contributed by atoms with Crippen molar-refractivity contribution in [3.8, 4) is 5.75 Å². The molecule has 0 bridgehead atoms. The Balaban J connectivity index is 2.29. The predicted molar refractivity (Wildman–Crippen MR) is 97.5 cm³/mol. The van der Waals surface area contributed by atoms with Gasteiger partial charge in [0, 0.05) is 5.56 Å². The van der Waals surface area contributed by atoms with E-state index in [1.54, 1.807) is 18.2 Å². The first-order valence-electron chi connectivity index (χ1n) is 6.72. The number of phenolic OH excluding ortho intramolecular Hbond substituents is 1. The third-order valence-electron chi connectivity index (χ3n) is 3.24. The summed E-state index contributed by atoms with van der Waals surface area (Å²) in [5.41, 5.74) is 0.490. The number of thioether (sulfide) groups is 2. The molecule has 2 rings (SSSR count). The summed E-state index contributed by atoms with van der Waals surface area (Å²) in [4.78, 5) is 25.5. The average molecular weight is 369 g/mol. The molecule has 1 atom stereocenters. The number of para-hydroxylation sites is 1. The fourth-order valence-electron chi connectivity index (χ4n) is 2.09. The molecule has 2 N–H and O–H groups in total. The highest BCUT2D eigenvalue weighted by atomic mass is 32.2. The lowest BCUT2D eigenvalue weighted by Crippen LogP contribution is -2.44. The fourth-order valence-corrected chi connectivity index (χ4v) is 3.90. The van der Waals surface area contributed by atoms with Crippen molar-refractivity contribution in [2.75, 3.05) is 12.0 Å². The molecule has 1 aliphatic heterocycles. The number of carbonyl (C=O) groups is 2. The molecule has 0 unspecified atom stereocenters. The number of carboxylic acid groups (broad SMARTS) is 1. The van der Waals surface area contributed by atoms with Crippen LogP contribution in [-0.2, 0) is 9.59 Å². The molecule has 0 saturated carbocycles. The van der Waals surface area contributed by atoms with E-state index in [9.17, 15) is 19.8 Å². The van der Waals surface area contributed by atoms with Gasteiger partial charge in [-0.1, -0.05) is 42.2 Å². The maximum atomic E-state index is 12.5. The third kappa shape index (κ3) is 4.07. The van der Waals surface area contributed by atoms with E-state index in [-0.39, 0.29) is 10.1 Å². The van der Waals surface area contributed by atoms with E-state index in [0.717, 1.165) is 16.7 Å². The molecule has 1 aliphatic rings. The van der Waals surface area contributed by atoms with Gasteiger partial charge in [-0.05, 0) is 30.6 Å². The van der Waals surface area contributed by atoms with E-state index in [0.29, 0.717) is 22.6 Å². The molecule has 1 fully saturated rings. The van der Waals surface area contributed by atoms with Crippen molar-refractivity contribution < 1.29 is 19.8 Å². The van der Waals surface area contributed by atoms with Gasteiger partial charge in [0.1, 0.15) is 16.1 Å². The molecule has 122 valence electrons. The quantitative estimate of drug-likeness (QED) is 0.590. The number of phenols is 1. The van der Waals surface area contributed by atoms with Crippen LogP contribution in [0.2, 0.25) is 0 Å². The summed E-state index contributed by atoms with van der Waals surface area (Å²) in [7, 11) is 0. The minimum absolute atomic E-state index is 0.0509. The Morgan fingerprint density at radius 2 is 2.17 bits per heavy atom. The summed E-state index contributed by atoms with van der Waals surface area (Å²) in [5.74, 6) is -0.835. The second-order valence-corrected chi connectivity index (χ2v) is 7.41. The Hall–Kier alpha value is -1.51. The van der Waals surface area contributed by atoms with Crippen LogP contribution in [0.5, 0.6) is 5.75 Å². The Kier molecular flexibility index (Phi) is 6.09. The fraction of sp³-hybridized carbons (Fsp3) is 0.267. The largest absolute Gasteiger partial charge is 0.507 e. The Morgan fingerprint density at radius 3 is 2.78 bits per heavy atom. The molecule has 1 saturated heterocycles. The van der Waals surface area contributed by atoms with Crippen molar-refractivity contribution in [1.82, 2.24) is 4.90 Å². The highest BCUT2D eigenvalue weighted by molar-refractivity contribution is 8.26. The number of carboxylic acids is 1. The van der Waals surface area contributed by atoms with Crippen molar-refractivity contribution in [3.63, 3.8) is 0 Å². The first-order chi connectivity index (χ1) is 11.0. The molecular weight excluding hydrogens is 354 g/mol. The number of hydrogen-bond acceptors (Lipinski definition) is 6. The van der Waals surface area contributed by atoms with E-state index < -0.39 is 17.9 Å². The number of amides is 1. The van der Waals surface area contributed by atoms with Gasteiger partial charge in [-0.3, -0.25) is 9.69 Å². The smallest absolute Gasteiger partial charge is 0.326 e. The van der Waals surface area contributed by atoms with Gasteiger partial charge in [0.25, 0.3) is 5.91 Å². The number of benzene rings is 1. The number of thiocarbonyl (C=S) groups is 1. The molecule has 1 heterocycles. The zero-order valence-corrected chi connectivity index (χ0v) is 14.7. The first-order valence-corrected chi connectivity index (χ1v) is 9.34. The summed E-state index contributed by atoms with van der Waals surface area (Å²) in [6.07, 6.45) is 3.73. The first kappa shape index (κ1) is 17.8. The molecule has 0 aliphatic carbocycles.